The van der Waals surface area contributed by atoms with Gasteiger partial charge in [-0.05, 0) is 0 Å². The van der Waals surface area contributed by atoms with Gasteiger partial charge in [0.05, 0.1) is 6.61 Å². The van der Waals surface area contributed by atoms with Gasteiger partial charge < -0.3 is 9.84 Å². The van der Waals surface area contributed by atoms with Crippen LogP contribution in [0.15, 0.2) is 24.3 Å². The second kappa shape index (κ2) is 3.34. The third-order valence-electron chi connectivity index (χ3n) is 1.54. The minimum atomic E-state index is -0.374. The minimum absolute atomic E-state index is 0.121. The molecule has 11 heavy (non-hydrogen) atoms. The molecule has 0 aromatic heterocycles. The van der Waals surface area contributed by atoms with Crippen molar-refractivity contribution in [2.75, 3.05) is 6.61 Å². The maximum Gasteiger partial charge on any atom is 0.331 e. The van der Waals surface area contributed by atoms with Gasteiger partial charge >= 0.3 is 5.97 Å². The van der Waals surface area contributed by atoms with E-state index in [1.54, 1.807) is 6.08 Å². The zero-order valence-electron chi connectivity index (χ0n) is 6.12. The van der Waals surface area contributed by atoms with Crippen LogP contribution in [0.3, 0.4) is 0 Å². The number of carbonyl (C=O) groups is 1. The van der Waals surface area contributed by atoms with Crippen molar-refractivity contribution in [3.63, 3.8) is 0 Å². The summed E-state index contributed by atoms with van der Waals surface area (Å²) in [5, 5.41) is 8.75. The third kappa shape index (κ3) is 1.68. The highest BCUT2D eigenvalue weighted by atomic mass is 16.5. The number of aliphatic hydroxyl groups is 1. The largest absolute Gasteiger partial charge is 0.454 e. The summed E-state index contributed by atoms with van der Waals surface area (Å²) in [5.74, 6) is -0.374. The Morgan fingerprint density at radius 2 is 2.55 bits per heavy atom. The van der Waals surface area contributed by atoms with Crippen LogP contribution in [0.1, 0.15) is 6.42 Å². The Morgan fingerprint density at radius 1 is 1.82 bits per heavy atom. The number of carbonyl (C=O) groups excluding carboxylic acids is 1. The van der Waals surface area contributed by atoms with Crippen LogP contribution in [0.5, 0.6) is 0 Å². The Labute approximate surface area is 65.0 Å². The van der Waals surface area contributed by atoms with Crippen molar-refractivity contribution < 1.29 is 14.6 Å². The van der Waals surface area contributed by atoms with E-state index >= 15 is 0 Å². The first-order chi connectivity index (χ1) is 5.27. The van der Waals surface area contributed by atoms with Crippen LogP contribution < -0.4 is 0 Å². The number of esters is 1. The topological polar surface area (TPSA) is 46.5 Å². The molecule has 0 fully saturated rings. The van der Waals surface area contributed by atoms with Gasteiger partial charge in [0.1, 0.15) is 6.10 Å². The molecule has 0 amide bonds. The van der Waals surface area contributed by atoms with Crippen molar-refractivity contribution >= 4 is 5.97 Å². The Kier molecular flexibility index (Phi) is 2.44. The van der Waals surface area contributed by atoms with Crippen LogP contribution in [-0.2, 0) is 9.53 Å². The molecule has 1 heterocycles. The highest BCUT2D eigenvalue weighted by molar-refractivity contribution is 5.85. The molecule has 0 spiro atoms. The lowest BCUT2D eigenvalue weighted by molar-refractivity contribution is -0.138. The molecule has 0 saturated heterocycles. The highest BCUT2D eigenvalue weighted by Crippen LogP contribution is 2.17. The van der Waals surface area contributed by atoms with Gasteiger partial charge in [-0.1, -0.05) is 6.08 Å². The second-order valence-electron chi connectivity index (χ2n) is 2.33. The van der Waals surface area contributed by atoms with E-state index in [-0.39, 0.29) is 18.7 Å². The molecular weight excluding hydrogens is 144 g/mol. The average Bonchev–Trinajstić information content (AvgIpc) is 2.32. The molecule has 1 atom stereocenters. The number of rotatable bonds is 3. The minimum Gasteiger partial charge on any atom is -0.454 e. The van der Waals surface area contributed by atoms with Gasteiger partial charge in [0, 0.05) is 18.1 Å². The summed E-state index contributed by atoms with van der Waals surface area (Å²) in [6.07, 6.45) is 3.27. The van der Waals surface area contributed by atoms with E-state index in [0.29, 0.717) is 12.0 Å². The fourth-order valence-corrected chi connectivity index (χ4v) is 0.993. The summed E-state index contributed by atoms with van der Waals surface area (Å²) >= 11 is 0. The molecule has 1 aliphatic heterocycles. The molecule has 0 saturated carbocycles. The first kappa shape index (κ1) is 8.01. The fourth-order valence-electron chi connectivity index (χ4n) is 0.993. The fraction of sp³-hybridized carbons (Fsp3) is 0.375. The molecule has 0 aromatic carbocycles. The average molecular weight is 154 g/mol. The molecular formula is C8H10O3. The van der Waals surface area contributed by atoms with Gasteiger partial charge in [-0.25, -0.2) is 4.79 Å². The molecule has 3 nitrogen and oxygen atoms in total. The maximum absolute atomic E-state index is 10.7. The molecule has 1 rings (SSSR count). The SMILES string of the molecule is C=CC[C@H]1OC(=O)C=C1CO. The zero-order chi connectivity index (χ0) is 8.27. The molecule has 0 radical (unpaired) electrons. The molecule has 1 aliphatic rings. The molecule has 0 aromatic rings. The van der Waals surface area contributed by atoms with Crippen molar-refractivity contribution in [1.82, 2.24) is 0 Å². The number of hydrogen-bond acceptors (Lipinski definition) is 3. The first-order valence-electron chi connectivity index (χ1n) is 3.40. The number of cyclic esters (lactones) is 1. The molecule has 0 aliphatic carbocycles. The van der Waals surface area contributed by atoms with Crippen LogP contribution in [0.2, 0.25) is 0 Å². The van der Waals surface area contributed by atoms with E-state index in [4.69, 9.17) is 9.84 Å². The predicted molar refractivity (Wildman–Crippen MR) is 39.9 cm³/mol. The zero-order valence-corrected chi connectivity index (χ0v) is 6.12. The molecule has 1 N–H and O–H groups in total. The maximum atomic E-state index is 10.7. The number of aliphatic hydroxyl groups excluding tert-OH is 1. The van der Waals surface area contributed by atoms with Gasteiger partial charge in [0.15, 0.2) is 0 Å². The highest BCUT2D eigenvalue weighted by Gasteiger charge is 2.23. The Morgan fingerprint density at radius 3 is 3.09 bits per heavy atom. The van der Waals surface area contributed by atoms with Gasteiger partial charge in [-0.2, -0.15) is 0 Å². The van der Waals surface area contributed by atoms with E-state index < -0.39 is 0 Å². The van der Waals surface area contributed by atoms with E-state index in [9.17, 15) is 4.79 Å². The van der Waals surface area contributed by atoms with Crippen molar-refractivity contribution in [2.45, 2.75) is 12.5 Å². The van der Waals surface area contributed by atoms with Crippen LogP contribution >= 0.6 is 0 Å². The summed E-state index contributed by atoms with van der Waals surface area (Å²) in [6.45, 7) is 3.40. The Bertz CT molecular complexity index is 205. The van der Waals surface area contributed by atoms with E-state index in [2.05, 4.69) is 6.58 Å². The molecule has 0 unspecified atom stereocenters. The Hall–Kier alpha value is -1.09. The standard InChI is InChI=1S/C8H10O3/c1-2-3-7-6(5-9)4-8(10)11-7/h2,4,7,9H,1,3,5H2/t7-/m1/s1. The molecule has 60 valence electrons. The van der Waals surface area contributed by atoms with Crippen LogP contribution in [0.25, 0.3) is 0 Å². The number of hydrogen-bond donors (Lipinski definition) is 1. The first-order valence-corrected chi connectivity index (χ1v) is 3.40. The number of ether oxygens (including phenoxy) is 1. The van der Waals surface area contributed by atoms with Crippen molar-refractivity contribution in [1.29, 1.82) is 0 Å². The van der Waals surface area contributed by atoms with E-state index in [1.165, 1.54) is 6.08 Å². The molecule has 0 bridgehead atoms. The third-order valence-corrected chi connectivity index (χ3v) is 1.54. The van der Waals surface area contributed by atoms with Gasteiger partial charge in [0.25, 0.3) is 0 Å². The van der Waals surface area contributed by atoms with Crippen LogP contribution in [0, 0.1) is 0 Å². The lowest BCUT2D eigenvalue weighted by Gasteiger charge is -2.08. The normalized spacial score (nSPS) is 22.8. The summed E-state index contributed by atoms with van der Waals surface area (Å²) in [4.78, 5) is 10.7. The Balaban J connectivity index is 2.62. The van der Waals surface area contributed by atoms with E-state index in [0.717, 1.165) is 0 Å². The summed E-state index contributed by atoms with van der Waals surface area (Å²) in [7, 11) is 0. The van der Waals surface area contributed by atoms with Crippen molar-refractivity contribution in [2.24, 2.45) is 0 Å². The van der Waals surface area contributed by atoms with E-state index in [1.807, 2.05) is 0 Å². The monoisotopic (exact) mass is 154 g/mol. The van der Waals surface area contributed by atoms with Crippen molar-refractivity contribution in [3.05, 3.63) is 24.3 Å². The smallest absolute Gasteiger partial charge is 0.331 e. The summed E-state index contributed by atoms with van der Waals surface area (Å²) < 4.78 is 4.84. The second-order valence-corrected chi connectivity index (χ2v) is 2.33. The lowest BCUT2D eigenvalue weighted by atomic mass is 10.1. The van der Waals surface area contributed by atoms with Gasteiger partial charge in [-0.3, -0.25) is 0 Å². The predicted octanol–water partition coefficient (Wildman–Crippen LogP) is 0.407. The van der Waals surface area contributed by atoms with Crippen LogP contribution in [0.4, 0.5) is 0 Å². The summed E-state index contributed by atoms with van der Waals surface area (Å²) in [6, 6.07) is 0. The quantitative estimate of drug-likeness (QED) is 0.473. The molecule has 3 heteroatoms. The van der Waals surface area contributed by atoms with Crippen molar-refractivity contribution in [3.8, 4) is 0 Å². The summed E-state index contributed by atoms with van der Waals surface area (Å²) in [5.41, 5.74) is 0.634. The van der Waals surface area contributed by atoms with Gasteiger partial charge in [-0.15, -0.1) is 6.58 Å². The lowest BCUT2D eigenvalue weighted by Crippen LogP contribution is -2.12. The van der Waals surface area contributed by atoms with Crippen LogP contribution in [-0.4, -0.2) is 23.8 Å². The van der Waals surface area contributed by atoms with Gasteiger partial charge in [0.2, 0.25) is 0 Å².